The normalized spacial score (nSPS) is 10.5. The average Bonchev–Trinajstić information content (AvgIpc) is 2.77. The Balaban J connectivity index is 1.88. The van der Waals surface area contributed by atoms with Crippen molar-refractivity contribution in [2.45, 2.75) is 19.9 Å². The fourth-order valence-electron chi connectivity index (χ4n) is 1.60. The minimum Gasteiger partial charge on any atom is -0.326 e. The van der Waals surface area contributed by atoms with Gasteiger partial charge in [-0.3, -0.25) is 9.48 Å². The van der Waals surface area contributed by atoms with Crippen LogP contribution in [0.2, 0.25) is 5.02 Å². The molecule has 1 heterocycles. The number of nitrogens with one attached hydrogen (secondary N) is 1. The molecule has 1 aromatic heterocycles. The summed E-state index contributed by atoms with van der Waals surface area (Å²) in [6.45, 7) is 2.38. The van der Waals surface area contributed by atoms with Gasteiger partial charge in [-0.25, -0.2) is 4.39 Å². The SMILES string of the molecule is Cc1ccn(CCC(=O)Nc2ccc(F)c(Cl)c2)n1. The second-order valence-corrected chi connectivity index (χ2v) is 4.55. The molecule has 1 amide bonds. The topological polar surface area (TPSA) is 46.9 Å². The Hall–Kier alpha value is -1.88. The minimum absolute atomic E-state index is 0.0134. The van der Waals surface area contributed by atoms with Crippen LogP contribution in [0.4, 0.5) is 10.1 Å². The van der Waals surface area contributed by atoms with Crippen LogP contribution in [0.1, 0.15) is 12.1 Å². The number of hydrogen-bond acceptors (Lipinski definition) is 2. The van der Waals surface area contributed by atoms with Gasteiger partial charge in [0.2, 0.25) is 5.91 Å². The number of carbonyl (C=O) groups excluding carboxylic acids is 1. The molecule has 19 heavy (non-hydrogen) atoms. The monoisotopic (exact) mass is 281 g/mol. The summed E-state index contributed by atoms with van der Waals surface area (Å²) in [7, 11) is 0. The van der Waals surface area contributed by atoms with Crippen LogP contribution in [0.15, 0.2) is 30.5 Å². The molecule has 4 nitrogen and oxygen atoms in total. The molecule has 0 aliphatic carbocycles. The van der Waals surface area contributed by atoms with Crippen molar-refractivity contribution in [3.8, 4) is 0 Å². The molecule has 0 aliphatic rings. The quantitative estimate of drug-likeness (QED) is 0.936. The van der Waals surface area contributed by atoms with Crippen molar-refractivity contribution in [3.63, 3.8) is 0 Å². The molecule has 1 N–H and O–H groups in total. The zero-order valence-corrected chi connectivity index (χ0v) is 11.1. The van der Waals surface area contributed by atoms with Gasteiger partial charge in [0, 0.05) is 24.8 Å². The standard InChI is InChI=1S/C13H13ClFN3O/c1-9-4-6-18(17-9)7-5-13(19)16-10-2-3-12(15)11(14)8-10/h2-4,6,8H,5,7H2,1H3,(H,16,19). The van der Waals surface area contributed by atoms with E-state index in [9.17, 15) is 9.18 Å². The number of halogens is 2. The Bertz CT molecular complexity index is 597. The Morgan fingerprint density at radius 2 is 2.26 bits per heavy atom. The molecule has 0 spiro atoms. The van der Waals surface area contributed by atoms with Gasteiger partial charge >= 0.3 is 0 Å². The Morgan fingerprint density at radius 3 is 2.89 bits per heavy atom. The summed E-state index contributed by atoms with van der Waals surface area (Å²) in [6, 6.07) is 5.94. The first kappa shape index (κ1) is 13.5. The number of amides is 1. The van der Waals surface area contributed by atoms with Gasteiger partial charge in [0.25, 0.3) is 0 Å². The molecular weight excluding hydrogens is 269 g/mol. The van der Waals surface area contributed by atoms with Crippen molar-refractivity contribution >= 4 is 23.2 Å². The van der Waals surface area contributed by atoms with Gasteiger partial charge in [-0.05, 0) is 31.2 Å². The summed E-state index contributed by atoms with van der Waals surface area (Å²) in [5.74, 6) is -0.678. The fraction of sp³-hybridized carbons (Fsp3) is 0.231. The van der Waals surface area contributed by atoms with E-state index in [1.807, 2.05) is 19.2 Å². The molecule has 0 aliphatic heterocycles. The predicted molar refractivity (Wildman–Crippen MR) is 71.6 cm³/mol. The van der Waals surface area contributed by atoms with Crippen molar-refractivity contribution in [1.29, 1.82) is 0 Å². The molecule has 0 atom stereocenters. The lowest BCUT2D eigenvalue weighted by molar-refractivity contribution is -0.116. The van der Waals surface area contributed by atoms with Gasteiger partial charge in [0.1, 0.15) is 5.82 Å². The summed E-state index contributed by atoms with van der Waals surface area (Å²) in [6.07, 6.45) is 2.10. The van der Waals surface area contributed by atoms with Gasteiger partial charge in [-0.1, -0.05) is 11.6 Å². The molecule has 100 valence electrons. The van der Waals surface area contributed by atoms with Gasteiger partial charge in [-0.15, -0.1) is 0 Å². The van der Waals surface area contributed by atoms with E-state index in [2.05, 4.69) is 10.4 Å². The molecule has 1 aromatic carbocycles. The van der Waals surface area contributed by atoms with Crippen LogP contribution < -0.4 is 5.32 Å². The van der Waals surface area contributed by atoms with E-state index in [0.717, 1.165) is 5.69 Å². The van der Waals surface area contributed by atoms with E-state index in [1.54, 1.807) is 4.68 Å². The van der Waals surface area contributed by atoms with Crippen molar-refractivity contribution in [2.75, 3.05) is 5.32 Å². The third-order valence-corrected chi connectivity index (χ3v) is 2.83. The van der Waals surface area contributed by atoms with Crippen LogP contribution in [0.3, 0.4) is 0 Å². The molecule has 0 saturated carbocycles. The molecule has 0 saturated heterocycles. The molecule has 0 bridgehead atoms. The molecule has 6 heteroatoms. The van der Waals surface area contributed by atoms with E-state index in [0.29, 0.717) is 12.2 Å². The first-order valence-corrected chi connectivity index (χ1v) is 6.17. The zero-order chi connectivity index (χ0) is 13.8. The second-order valence-electron chi connectivity index (χ2n) is 4.15. The maximum Gasteiger partial charge on any atom is 0.226 e. The van der Waals surface area contributed by atoms with Gasteiger partial charge in [0.15, 0.2) is 0 Å². The number of benzene rings is 1. The number of aromatic nitrogens is 2. The smallest absolute Gasteiger partial charge is 0.226 e. The summed E-state index contributed by atoms with van der Waals surface area (Å²) < 4.78 is 14.7. The number of nitrogens with zero attached hydrogens (tertiary/aromatic N) is 2. The molecule has 2 rings (SSSR count). The highest BCUT2D eigenvalue weighted by molar-refractivity contribution is 6.31. The zero-order valence-electron chi connectivity index (χ0n) is 10.4. The third kappa shape index (κ3) is 3.79. The van der Waals surface area contributed by atoms with E-state index >= 15 is 0 Å². The van der Waals surface area contributed by atoms with Crippen LogP contribution in [0, 0.1) is 12.7 Å². The van der Waals surface area contributed by atoms with Gasteiger partial charge in [-0.2, -0.15) is 5.10 Å². The highest BCUT2D eigenvalue weighted by Crippen LogP contribution is 2.19. The van der Waals surface area contributed by atoms with Crippen LogP contribution >= 0.6 is 11.6 Å². The van der Waals surface area contributed by atoms with Crippen LogP contribution in [-0.4, -0.2) is 15.7 Å². The highest BCUT2D eigenvalue weighted by Gasteiger charge is 2.06. The van der Waals surface area contributed by atoms with Crippen molar-refractivity contribution in [1.82, 2.24) is 9.78 Å². The Kier molecular flexibility index (Phi) is 4.16. The molecule has 0 fully saturated rings. The fourth-order valence-corrected chi connectivity index (χ4v) is 1.78. The first-order valence-electron chi connectivity index (χ1n) is 5.79. The first-order chi connectivity index (χ1) is 9.04. The summed E-state index contributed by atoms with van der Waals surface area (Å²) >= 11 is 5.63. The van der Waals surface area contributed by atoms with Gasteiger partial charge < -0.3 is 5.32 Å². The number of anilines is 1. The van der Waals surface area contributed by atoms with E-state index in [1.165, 1.54) is 18.2 Å². The lowest BCUT2D eigenvalue weighted by atomic mass is 10.3. The number of carbonyl (C=O) groups is 1. The molecule has 0 unspecified atom stereocenters. The molecule has 0 radical (unpaired) electrons. The number of aryl methyl sites for hydroxylation is 2. The summed E-state index contributed by atoms with van der Waals surface area (Å²) in [5.41, 5.74) is 1.39. The third-order valence-electron chi connectivity index (χ3n) is 2.55. The van der Waals surface area contributed by atoms with Gasteiger partial charge in [0.05, 0.1) is 10.7 Å². The lowest BCUT2D eigenvalue weighted by Crippen LogP contribution is -2.14. The van der Waals surface area contributed by atoms with Crippen molar-refractivity contribution in [2.24, 2.45) is 0 Å². The minimum atomic E-state index is -0.508. The molecular formula is C13H13ClFN3O. The number of rotatable bonds is 4. The summed E-state index contributed by atoms with van der Waals surface area (Å²) in [4.78, 5) is 11.7. The van der Waals surface area contributed by atoms with E-state index in [4.69, 9.17) is 11.6 Å². The lowest BCUT2D eigenvalue weighted by Gasteiger charge is -2.06. The molecule has 2 aromatic rings. The van der Waals surface area contributed by atoms with Crippen molar-refractivity contribution < 1.29 is 9.18 Å². The van der Waals surface area contributed by atoms with E-state index < -0.39 is 5.82 Å². The number of hydrogen-bond donors (Lipinski definition) is 1. The maximum absolute atomic E-state index is 13.0. The van der Waals surface area contributed by atoms with Crippen LogP contribution in [-0.2, 0) is 11.3 Å². The predicted octanol–water partition coefficient (Wildman–Crippen LogP) is 3.01. The summed E-state index contributed by atoms with van der Waals surface area (Å²) in [5, 5.41) is 6.82. The Morgan fingerprint density at radius 1 is 1.47 bits per heavy atom. The largest absolute Gasteiger partial charge is 0.326 e. The van der Waals surface area contributed by atoms with E-state index in [-0.39, 0.29) is 17.4 Å². The average molecular weight is 282 g/mol. The highest BCUT2D eigenvalue weighted by atomic mass is 35.5. The van der Waals surface area contributed by atoms with Crippen molar-refractivity contribution in [3.05, 3.63) is 47.0 Å². The Labute approximate surface area is 115 Å². The van der Waals surface area contributed by atoms with Crippen LogP contribution in [0.5, 0.6) is 0 Å². The maximum atomic E-state index is 13.0. The second kappa shape index (κ2) is 5.84. The van der Waals surface area contributed by atoms with Crippen LogP contribution in [0.25, 0.3) is 0 Å².